The lowest BCUT2D eigenvalue weighted by Gasteiger charge is -2.39. The Labute approximate surface area is 115 Å². The first-order valence-corrected chi connectivity index (χ1v) is 5.65. The van der Waals surface area contributed by atoms with Crippen LogP contribution in [0.3, 0.4) is 0 Å². The smallest absolute Gasteiger partial charge is 0.366 e. The Morgan fingerprint density at radius 1 is 1.47 bits per heavy atom. The van der Waals surface area contributed by atoms with Gasteiger partial charge in [0.2, 0.25) is 5.91 Å². The molecule has 110 valence electrons. The van der Waals surface area contributed by atoms with Crippen LogP contribution in [0.15, 0.2) is 11.3 Å². The molecule has 0 aromatic rings. The summed E-state index contributed by atoms with van der Waals surface area (Å²) in [5.74, 6) is -0.657. The van der Waals surface area contributed by atoms with Crippen LogP contribution in [0.1, 0.15) is 6.92 Å². The number of hydrogen-bond acceptors (Lipinski definition) is 4. The van der Waals surface area contributed by atoms with Crippen molar-refractivity contribution in [3.63, 3.8) is 0 Å². The molecule has 5 nitrogen and oxygen atoms in total. The van der Waals surface area contributed by atoms with Crippen molar-refractivity contribution in [2.45, 2.75) is 19.1 Å². The number of alkyl halides is 3. The number of halogens is 4. The van der Waals surface area contributed by atoms with E-state index in [1.807, 2.05) is 0 Å². The number of rotatable bonds is 2. The summed E-state index contributed by atoms with van der Waals surface area (Å²) in [6.07, 6.45) is -4.33. The van der Waals surface area contributed by atoms with E-state index < -0.39 is 18.1 Å². The molecular formula is C10H16ClF3N4O. The molecule has 2 aliphatic heterocycles. The molecule has 0 saturated carbocycles. The van der Waals surface area contributed by atoms with E-state index in [4.69, 9.17) is 5.73 Å². The second kappa shape index (κ2) is 5.56. The number of piperazine rings is 1. The van der Waals surface area contributed by atoms with Gasteiger partial charge in [0.05, 0.1) is 17.8 Å². The minimum Gasteiger partial charge on any atom is -0.366 e. The molecule has 1 amide bonds. The van der Waals surface area contributed by atoms with E-state index in [1.54, 1.807) is 0 Å². The van der Waals surface area contributed by atoms with Gasteiger partial charge in [0.15, 0.2) is 0 Å². The highest BCUT2D eigenvalue weighted by molar-refractivity contribution is 5.93. The van der Waals surface area contributed by atoms with Gasteiger partial charge in [-0.3, -0.25) is 4.79 Å². The van der Waals surface area contributed by atoms with Crippen LogP contribution in [0.25, 0.3) is 0 Å². The van der Waals surface area contributed by atoms with E-state index in [9.17, 15) is 18.0 Å². The SMILES string of the molecule is CC(N1CC(C(N)=O)=C2CNCCN21)C(F)(F)F.Cl. The summed E-state index contributed by atoms with van der Waals surface area (Å²) in [4.78, 5) is 11.3. The Morgan fingerprint density at radius 3 is 2.63 bits per heavy atom. The zero-order chi connectivity index (χ0) is 13.5. The van der Waals surface area contributed by atoms with E-state index in [0.29, 0.717) is 25.3 Å². The molecule has 0 aromatic heterocycles. The fourth-order valence-electron chi connectivity index (χ4n) is 2.24. The summed E-state index contributed by atoms with van der Waals surface area (Å²) in [6.45, 7) is 2.37. The third-order valence-corrected chi connectivity index (χ3v) is 3.30. The summed E-state index contributed by atoms with van der Waals surface area (Å²) < 4.78 is 38.3. The van der Waals surface area contributed by atoms with Crippen molar-refractivity contribution >= 4 is 18.3 Å². The molecule has 0 radical (unpaired) electrons. The third-order valence-electron chi connectivity index (χ3n) is 3.30. The molecular weight excluding hydrogens is 285 g/mol. The zero-order valence-corrected chi connectivity index (χ0v) is 11.1. The van der Waals surface area contributed by atoms with Gasteiger partial charge in [-0.1, -0.05) is 0 Å². The number of nitrogens with one attached hydrogen (secondary N) is 1. The quantitative estimate of drug-likeness (QED) is 0.767. The zero-order valence-electron chi connectivity index (χ0n) is 10.3. The Bertz CT molecular complexity index is 399. The van der Waals surface area contributed by atoms with Crippen LogP contribution >= 0.6 is 12.4 Å². The monoisotopic (exact) mass is 300 g/mol. The second-order valence-corrected chi connectivity index (χ2v) is 4.40. The number of hydrogen-bond donors (Lipinski definition) is 2. The molecule has 2 heterocycles. The summed E-state index contributed by atoms with van der Waals surface area (Å²) >= 11 is 0. The highest BCUT2D eigenvalue weighted by Crippen LogP contribution is 2.32. The molecule has 0 spiro atoms. The maximum atomic E-state index is 12.8. The number of hydrazine groups is 1. The molecule has 1 atom stereocenters. The fourth-order valence-corrected chi connectivity index (χ4v) is 2.24. The molecule has 0 aromatic carbocycles. The third kappa shape index (κ3) is 2.96. The minimum atomic E-state index is -4.33. The van der Waals surface area contributed by atoms with Crippen molar-refractivity contribution in [3.8, 4) is 0 Å². The Balaban J connectivity index is 0.00000180. The lowest BCUT2D eigenvalue weighted by molar-refractivity contribution is -0.206. The van der Waals surface area contributed by atoms with Gasteiger partial charge in [-0.05, 0) is 6.92 Å². The molecule has 2 rings (SSSR count). The number of fused-ring (bicyclic) bond motifs is 1. The van der Waals surface area contributed by atoms with Gasteiger partial charge < -0.3 is 16.1 Å². The molecule has 1 fully saturated rings. The predicted octanol–water partition coefficient (Wildman–Crippen LogP) is 0.234. The fraction of sp³-hybridized carbons (Fsp3) is 0.700. The average molecular weight is 301 g/mol. The first-order chi connectivity index (χ1) is 8.32. The largest absolute Gasteiger partial charge is 0.405 e. The Hall–Kier alpha value is -0.990. The molecule has 19 heavy (non-hydrogen) atoms. The normalized spacial score (nSPS) is 22.0. The van der Waals surface area contributed by atoms with Gasteiger partial charge in [0, 0.05) is 19.6 Å². The summed E-state index contributed by atoms with van der Waals surface area (Å²) in [6, 6.07) is -1.64. The number of primary amides is 1. The number of nitrogens with zero attached hydrogens (tertiary/aromatic N) is 2. The summed E-state index contributed by atoms with van der Waals surface area (Å²) in [5.41, 5.74) is 6.04. The van der Waals surface area contributed by atoms with Crippen molar-refractivity contribution in [2.24, 2.45) is 5.73 Å². The number of carbonyl (C=O) groups is 1. The summed E-state index contributed by atoms with van der Waals surface area (Å²) in [5, 5.41) is 5.71. The number of carbonyl (C=O) groups excluding carboxylic acids is 1. The van der Waals surface area contributed by atoms with E-state index in [2.05, 4.69) is 5.32 Å². The molecule has 2 aliphatic rings. The van der Waals surface area contributed by atoms with Crippen LogP contribution < -0.4 is 11.1 Å². The molecule has 0 bridgehead atoms. The molecule has 3 N–H and O–H groups in total. The van der Waals surface area contributed by atoms with E-state index in [-0.39, 0.29) is 24.5 Å². The maximum Gasteiger partial charge on any atom is 0.405 e. The van der Waals surface area contributed by atoms with Crippen molar-refractivity contribution in [3.05, 3.63) is 11.3 Å². The van der Waals surface area contributed by atoms with E-state index in [1.165, 1.54) is 5.01 Å². The van der Waals surface area contributed by atoms with E-state index >= 15 is 0 Å². The van der Waals surface area contributed by atoms with Gasteiger partial charge in [0.25, 0.3) is 0 Å². The second-order valence-electron chi connectivity index (χ2n) is 4.40. The van der Waals surface area contributed by atoms with E-state index in [0.717, 1.165) is 11.9 Å². The average Bonchev–Trinajstić information content (AvgIpc) is 2.66. The van der Waals surface area contributed by atoms with Gasteiger partial charge in [-0.25, -0.2) is 5.01 Å². The predicted molar refractivity (Wildman–Crippen MR) is 65.3 cm³/mol. The van der Waals surface area contributed by atoms with Gasteiger partial charge in [0.1, 0.15) is 6.04 Å². The molecule has 1 saturated heterocycles. The van der Waals surface area contributed by atoms with Gasteiger partial charge >= 0.3 is 6.18 Å². The van der Waals surface area contributed by atoms with Crippen molar-refractivity contribution in [1.29, 1.82) is 0 Å². The van der Waals surface area contributed by atoms with Crippen LogP contribution in [-0.4, -0.2) is 54.3 Å². The number of nitrogens with two attached hydrogens (primary N) is 1. The Kier molecular flexibility index (Phi) is 4.70. The topological polar surface area (TPSA) is 61.6 Å². The first kappa shape index (κ1) is 16.1. The van der Waals surface area contributed by atoms with Crippen LogP contribution in [0.4, 0.5) is 13.2 Å². The molecule has 1 unspecified atom stereocenters. The minimum absolute atomic E-state index is 0. The standard InChI is InChI=1S/C10H15F3N4O.ClH/c1-6(10(11,12)13)17-5-7(9(14)18)8-4-15-2-3-16(8)17;/h6,15H,2-5H2,1H3,(H2,14,18);1H. The van der Waals surface area contributed by atoms with Gasteiger partial charge in [-0.2, -0.15) is 13.2 Å². The Morgan fingerprint density at radius 2 is 2.11 bits per heavy atom. The van der Waals surface area contributed by atoms with Crippen molar-refractivity contribution in [2.75, 3.05) is 26.2 Å². The number of amides is 1. The van der Waals surface area contributed by atoms with Crippen molar-refractivity contribution in [1.82, 2.24) is 15.3 Å². The highest BCUT2D eigenvalue weighted by atomic mass is 35.5. The van der Waals surface area contributed by atoms with Crippen LogP contribution in [0.5, 0.6) is 0 Å². The van der Waals surface area contributed by atoms with Crippen molar-refractivity contribution < 1.29 is 18.0 Å². The lowest BCUT2D eigenvalue weighted by atomic mass is 10.2. The van der Waals surface area contributed by atoms with Crippen LogP contribution in [-0.2, 0) is 4.79 Å². The lowest BCUT2D eigenvalue weighted by Crippen LogP contribution is -2.54. The maximum absolute atomic E-state index is 12.8. The summed E-state index contributed by atoms with van der Waals surface area (Å²) in [7, 11) is 0. The highest BCUT2D eigenvalue weighted by Gasteiger charge is 2.46. The molecule has 9 heteroatoms. The van der Waals surface area contributed by atoms with Crippen LogP contribution in [0.2, 0.25) is 0 Å². The van der Waals surface area contributed by atoms with Gasteiger partial charge in [-0.15, -0.1) is 12.4 Å². The molecule has 0 aliphatic carbocycles. The first-order valence-electron chi connectivity index (χ1n) is 5.65. The van der Waals surface area contributed by atoms with Crippen LogP contribution in [0, 0.1) is 0 Å².